The lowest BCUT2D eigenvalue weighted by atomic mass is 10.0. The van der Waals surface area contributed by atoms with Crippen molar-refractivity contribution in [3.8, 4) is 5.75 Å². The quantitative estimate of drug-likeness (QED) is 0.929. The van der Waals surface area contributed by atoms with Gasteiger partial charge in [-0.1, -0.05) is 5.16 Å². The Morgan fingerprint density at radius 1 is 1.29 bits per heavy atom. The lowest BCUT2D eigenvalue weighted by Crippen LogP contribution is -2.48. The van der Waals surface area contributed by atoms with Crippen LogP contribution in [0.25, 0.3) is 0 Å². The second kappa shape index (κ2) is 6.86. The second-order valence-corrected chi connectivity index (χ2v) is 6.16. The molecule has 3 rings (SSSR count). The van der Waals surface area contributed by atoms with Gasteiger partial charge in [0.05, 0.1) is 5.69 Å². The third-order valence-corrected chi connectivity index (χ3v) is 4.29. The molecule has 7 heteroatoms. The van der Waals surface area contributed by atoms with Crippen LogP contribution in [0.5, 0.6) is 5.75 Å². The number of aliphatic hydroxyl groups is 1. The molecule has 0 amide bonds. The number of aliphatic hydroxyl groups excluding tert-OH is 1. The highest BCUT2D eigenvalue weighted by Crippen LogP contribution is 2.23. The van der Waals surface area contributed by atoms with E-state index in [2.05, 4.69) is 10.1 Å². The normalized spacial score (nSPS) is 21.9. The first-order valence-corrected chi connectivity index (χ1v) is 7.87. The van der Waals surface area contributed by atoms with Crippen molar-refractivity contribution in [2.75, 3.05) is 13.1 Å². The van der Waals surface area contributed by atoms with Gasteiger partial charge in [-0.05, 0) is 20.3 Å². The van der Waals surface area contributed by atoms with Crippen LogP contribution < -0.4 is 4.74 Å². The average molecular weight is 338 g/mol. The van der Waals surface area contributed by atoms with E-state index in [1.54, 1.807) is 0 Å². The van der Waals surface area contributed by atoms with Crippen molar-refractivity contribution in [1.29, 1.82) is 0 Å². The molecule has 2 aromatic rings. The van der Waals surface area contributed by atoms with Gasteiger partial charge in [-0.25, -0.2) is 8.78 Å². The van der Waals surface area contributed by atoms with E-state index in [9.17, 15) is 13.9 Å². The minimum atomic E-state index is -0.745. The first-order chi connectivity index (χ1) is 11.4. The van der Waals surface area contributed by atoms with E-state index in [0.29, 0.717) is 26.1 Å². The predicted octanol–water partition coefficient (Wildman–Crippen LogP) is 2.58. The molecule has 2 heterocycles. The molecule has 0 saturated carbocycles. The molecule has 1 fully saturated rings. The summed E-state index contributed by atoms with van der Waals surface area (Å²) in [6.07, 6.45) is -0.680. The third kappa shape index (κ3) is 3.73. The van der Waals surface area contributed by atoms with E-state index in [0.717, 1.165) is 35.2 Å². The number of nitrogens with zero attached hydrogens (tertiary/aromatic N) is 2. The smallest absolute Gasteiger partial charge is 0.138 e. The highest BCUT2D eigenvalue weighted by Gasteiger charge is 2.30. The Morgan fingerprint density at radius 2 is 2.00 bits per heavy atom. The van der Waals surface area contributed by atoms with Crippen LogP contribution in [-0.2, 0) is 6.54 Å². The molecule has 1 aromatic carbocycles. The Hall–Kier alpha value is -1.99. The predicted molar refractivity (Wildman–Crippen MR) is 82.7 cm³/mol. The zero-order chi connectivity index (χ0) is 17.3. The van der Waals surface area contributed by atoms with Crippen LogP contribution in [0.15, 0.2) is 22.7 Å². The van der Waals surface area contributed by atoms with Crippen LogP contribution in [0.4, 0.5) is 8.78 Å². The Morgan fingerprint density at radius 3 is 2.58 bits per heavy atom. The number of β-amino-alcohol motifs (C(OH)–C–C–N with tert-alkyl or cyclic N) is 1. The molecule has 5 nitrogen and oxygen atoms in total. The van der Waals surface area contributed by atoms with Crippen molar-refractivity contribution in [3.63, 3.8) is 0 Å². The maximum Gasteiger partial charge on any atom is 0.138 e. The Balaban J connectivity index is 1.61. The number of rotatable bonds is 4. The maximum atomic E-state index is 13.2. The fraction of sp³-hybridized carbons (Fsp3) is 0.471. The van der Waals surface area contributed by atoms with E-state index in [-0.39, 0.29) is 5.75 Å². The van der Waals surface area contributed by atoms with Crippen molar-refractivity contribution in [1.82, 2.24) is 10.1 Å². The summed E-state index contributed by atoms with van der Waals surface area (Å²) in [6.45, 7) is 5.49. The fourth-order valence-corrected chi connectivity index (χ4v) is 2.98. The molecule has 130 valence electrons. The Labute approximate surface area is 138 Å². The lowest BCUT2D eigenvalue weighted by Gasteiger charge is -2.35. The van der Waals surface area contributed by atoms with E-state index in [4.69, 9.17) is 9.26 Å². The Bertz CT molecular complexity index is 680. The van der Waals surface area contributed by atoms with Crippen molar-refractivity contribution in [2.24, 2.45) is 0 Å². The summed E-state index contributed by atoms with van der Waals surface area (Å²) in [5.74, 6) is -0.531. The number of likely N-dealkylation sites (tertiary alicyclic amines) is 1. The van der Waals surface area contributed by atoms with Gasteiger partial charge >= 0.3 is 0 Å². The number of benzene rings is 1. The molecule has 0 bridgehead atoms. The first-order valence-electron chi connectivity index (χ1n) is 7.87. The molecule has 2 atom stereocenters. The second-order valence-electron chi connectivity index (χ2n) is 6.16. The van der Waals surface area contributed by atoms with Gasteiger partial charge in [-0.3, -0.25) is 4.90 Å². The number of hydrogen-bond donors (Lipinski definition) is 1. The summed E-state index contributed by atoms with van der Waals surface area (Å²) in [4.78, 5) is 2.09. The molecule has 1 aliphatic heterocycles. The topological polar surface area (TPSA) is 58.7 Å². The number of ether oxygens (including phenoxy) is 1. The average Bonchev–Trinajstić information content (AvgIpc) is 2.81. The summed E-state index contributed by atoms with van der Waals surface area (Å²) in [5, 5.41) is 14.2. The van der Waals surface area contributed by atoms with Crippen LogP contribution in [0, 0.1) is 25.5 Å². The zero-order valence-electron chi connectivity index (χ0n) is 13.6. The van der Waals surface area contributed by atoms with Crippen molar-refractivity contribution in [3.05, 3.63) is 46.9 Å². The molecular weight excluding hydrogens is 318 g/mol. The summed E-state index contributed by atoms with van der Waals surface area (Å²) < 4.78 is 37.2. The van der Waals surface area contributed by atoms with E-state index < -0.39 is 23.8 Å². The summed E-state index contributed by atoms with van der Waals surface area (Å²) in [6, 6.07) is 3.02. The van der Waals surface area contributed by atoms with E-state index in [1.807, 2.05) is 13.8 Å². The number of aromatic nitrogens is 1. The van der Waals surface area contributed by atoms with Gasteiger partial charge in [0.15, 0.2) is 0 Å². The molecule has 1 N–H and O–H groups in total. The standard InChI is InChI=1S/C17H20F2N2O3/c1-10-15(11(2)24-20-10)8-21-4-3-17(16(22)9-21)23-14-6-12(18)5-13(19)7-14/h5-7,16-17,22H,3-4,8-9H2,1-2H3/t16-,17-/m1/s1. The summed E-state index contributed by atoms with van der Waals surface area (Å²) in [5.41, 5.74) is 1.87. The van der Waals surface area contributed by atoms with Crippen LogP contribution in [-0.4, -0.2) is 40.5 Å². The summed E-state index contributed by atoms with van der Waals surface area (Å²) >= 11 is 0. The van der Waals surface area contributed by atoms with Crippen molar-refractivity contribution < 1.29 is 23.1 Å². The monoisotopic (exact) mass is 338 g/mol. The van der Waals surface area contributed by atoms with Crippen LogP contribution in [0.1, 0.15) is 23.4 Å². The molecule has 0 aliphatic carbocycles. The molecule has 0 unspecified atom stereocenters. The van der Waals surface area contributed by atoms with Gasteiger partial charge in [0, 0.05) is 43.4 Å². The molecule has 0 spiro atoms. The van der Waals surface area contributed by atoms with E-state index >= 15 is 0 Å². The molecule has 1 saturated heterocycles. The fourth-order valence-electron chi connectivity index (χ4n) is 2.98. The molecule has 1 aromatic heterocycles. The third-order valence-electron chi connectivity index (χ3n) is 4.29. The number of hydrogen-bond acceptors (Lipinski definition) is 5. The SMILES string of the molecule is Cc1noc(C)c1CN1CC[C@@H](Oc2cc(F)cc(F)c2)[C@H](O)C1. The highest BCUT2D eigenvalue weighted by molar-refractivity contribution is 5.24. The van der Waals surface area contributed by atoms with E-state index in [1.165, 1.54) is 0 Å². The highest BCUT2D eigenvalue weighted by atomic mass is 19.1. The maximum absolute atomic E-state index is 13.2. The molecule has 1 aliphatic rings. The molecule has 0 radical (unpaired) electrons. The number of piperidine rings is 1. The van der Waals surface area contributed by atoms with Gasteiger partial charge in [0.2, 0.25) is 0 Å². The van der Waals surface area contributed by atoms with Gasteiger partial charge in [-0.15, -0.1) is 0 Å². The number of aryl methyl sites for hydroxylation is 2. The van der Waals surface area contributed by atoms with Crippen LogP contribution in [0.3, 0.4) is 0 Å². The van der Waals surface area contributed by atoms with Crippen LogP contribution in [0.2, 0.25) is 0 Å². The van der Waals surface area contributed by atoms with Crippen molar-refractivity contribution in [2.45, 2.75) is 39.0 Å². The minimum Gasteiger partial charge on any atom is -0.487 e. The summed E-state index contributed by atoms with van der Waals surface area (Å²) in [7, 11) is 0. The van der Waals surface area contributed by atoms with Crippen LogP contribution >= 0.6 is 0 Å². The van der Waals surface area contributed by atoms with Gasteiger partial charge < -0.3 is 14.4 Å². The van der Waals surface area contributed by atoms with Gasteiger partial charge in [0.25, 0.3) is 0 Å². The Kier molecular flexibility index (Phi) is 4.82. The number of halogens is 2. The lowest BCUT2D eigenvalue weighted by molar-refractivity contribution is -0.0278. The van der Waals surface area contributed by atoms with Crippen molar-refractivity contribution >= 4 is 0 Å². The van der Waals surface area contributed by atoms with Gasteiger partial charge in [0.1, 0.15) is 35.4 Å². The first kappa shape index (κ1) is 16.9. The molecule has 24 heavy (non-hydrogen) atoms. The zero-order valence-corrected chi connectivity index (χ0v) is 13.6. The van der Waals surface area contributed by atoms with Gasteiger partial charge in [-0.2, -0.15) is 0 Å². The largest absolute Gasteiger partial charge is 0.487 e. The molecular formula is C17H20F2N2O3. The minimum absolute atomic E-state index is 0.0933.